The number of morpholine rings is 1. The third-order valence-corrected chi connectivity index (χ3v) is 2.94. The van der Waals surface area contributed by atoms with Crippen LogP contribution in [0.2, 0.25) is 0 Å². The van der Waals surface area contributed by atoms with E-state index in [-0.39, 0.29) is 11.9 Å². The first-order valence-electron chi connectivity index (χ1n) is 7.04. The lowest BCUT2D eigenvalue weighted by Gasteiger charge is -2.26. The number of hydrogen-bond donors (Lipinski definition) is 3. The first-order valence-corrected chi connectivity index (χ1v) is 7.04. The molecule has 0 aliphatic carbocycles. The lowest BCUT2D eigenvalue weighted by atomic mass is 10.4. The summed E-state index contributed by atoms with van der Waals surface area (Å²) in [4.78, 5) is 25.8. The van der Waals surface area contributed by atoms with Gasteiger partial charge in [-0.05, 0) is 6.92 Å². The average molecular weight is 295 g/mol. The van der Waals surface area contributed by atoms with Gasteiger partial charge >= 0.3 is 0 Å². The maximum Gasteiger partial charge on any atom is 0.232 e. The minimum atomic E-state index is -0.0135. The van der Waals surface area contributed by atoms with Crippen LogP contribution in [-0.4, -0.2) is 60.3 Å². The van der Waals surface area contributed by atoms with E-state index in [0.29, 0.717) is 44.6 Å². The van der Waals surface area contributed by atoms with Crippen molar-refractivity contribution in [3.63, 3.8) is 0 Å². The van der Waals surface area contributed by atoms with Crippen LogP contribution in [0.1, 0.15) is 13.3 Å². The molecule has 1 aromatic heterocycles. The Morgan fingerprint density at radius 2 is 2.10 bits per heavy atom. The molecule has 116 valence electrons. The Morgan fingerprint density at radius 3 is 2.81 bits per heavy atom. The van der Waals surface area contributed by atoms with Gasteiger partial charge in [-0.1, -0.05) is 0 Å². The topological polar surface area (TPSA) is 118 Å². The van der Waals surface area contributed by atoms with Gasteiger partial charge in [0.05, 0.1) is 13.2 Å². The fraction of sp³-hybridized carbons (Fsp3) is 0.667. The van der Waals surface area contributed by atoms with E-state index in [0.717, 1.165) is 13.1 Å². The van der Waals surface area contributed by atoms with Crippen LogP contribution in [0.4, 0.5) is 17.8 Å². The molecule has 0 unspecified atom stereocenters. The van der Waals surface area contributed by atoms with Crippen LogP contribution in [0.5, 0.6) is 0 Å². The molecule has 1 aromatic rings. The maximum atomic E-state index is 11.4. The number of carbonyl (C=O) groups is 1. The van der Waals surface area contributed by atoms with Crippen molar-refractivity contribution in [3.8, 4) is 0 Å². The molecule has 0 aromatic carbocycles. The average Bonchev–Trinajstić information content (AvgIpc) is 2.48. The SMILES string of the molecule is CCNC(=O)CCNc1nc(N)nc(N2CCOCC2)n1. The van der Waals surface area contributed by atoms with E-state index in [9.17, 15) is 4.79 Å². The highest BCUT2D eigenvalue weighted by molar-refractivity contribution is 5.76. The van der Waals surface area contributed by atoms with Crippen molar-refractivity contribution in [2.24, 2.45) is 0 Å². The zero-order valence-electron chi connectivity index (χ0n) is 12.1. The van der Waals surface area contributed by atoms with E-state index in [1.54, 1.807) is 0 Å². The van der Waals surface area contributed by atoms with Gasteiger partial charge in [0.25, 0.3) is 0 Å². The van der Waals surface area contributed by atoms with Crippen LogP contribution >= 0.6 is 0 Å². The van der Waals surface area contributed by atoms with Gasteiger partial charge in [0.15, 0.2) is 0 Å². The summed E-state index contributed by atoms with van der Waals surface area (Å²) in [5.41, 5.74) is 5.71. The molecule has 9 nitrogen and oxygen atoms in total. The molecule has 1 aliphatic heterocycles. The minimum absolute atomic E-state index is 0.0135. The number of aromatic nitrogens is 3. The quantitative estimate of drug-likeness (QED) is 0.626. The fourth-order valence-electron chi connectivity index (χ4n) is 1.94. The Balaban J connectivity index is 1.93. The number of nitrogen functional groups attached to an aromatic ring is 1. The molecule has 1 amide bonds. The molecule has 1 saturated heterocycles. The third kappa shape index (κ3) is 4.71. The summed E-state index contributed by atoms with van der Waals surface area (Å²) in [6, 6.07) is 0. The largest absolute Gasteiger partial charge is 0.378 e. The number of amides is 1. The second-order valence-corrected chi connectivity index (χ2v) is 4.55. The molecule has 0 saturated carbocycles. The van der Waals surface area contributed by atoms with Crippen LogP contribution < -0.4 is 21.3 Å². The standard InChI is InChI=1S/C12H21N7O2/c1-2-14-9(20)3-4-15-11-16-10(13)17-12(18-11)19-5-7-21-8-6-19/h2-8H2,1H3,(H,14,20)(H3,13,15,16,17,18). The minimum Gasteiger partial charge on any atom is -0.378 e. The molecule has 2 rings (SSSR count). The van der Waals surface area contributed by atoms with E-state index < -0.39 is 0 Å². The Morgan fingerprint density at radius 1 is 1.33 bits per heavy atom. The number of nitrogens with zero attached hydrogens (tertiary/aromatic N) is 4. The molecule has 0 atom stereocenters. The number of rotatable bonds is 6. The third-order valence-electron chi connectivity index (χ3n) is 2.94. The van der Waals surface area contributed by atoms with Crippen molar-refractivity contribution in [2.45, 2.75) is 13.3 Å². The molecule has 0 radical (unpaired) electrons. The second-order valence-electron chi connectivity index (χ2n) is 4.55. The molecule has 0 bridgehead atoms. The van der Waals surface area contributed by atoms with Gasteiger partial charge in [0.1, 0.15) is 0 Å². The summed E-state index contributed by atoms with van der Waals surface area (Å²) in [5, 5.41) is 5.72. The maximum absolute atomic E-state index is 11.4. The monoisotopic (exact) mass is 295 g/mol. The van der Waals surface area contributed by atoms with Crippen LogP contribution in [0.3, 0.4) is 0 Å². The molecular formula is C12H21N7O2. The van der Waals surface area contributed by atoms with Gasteiger partial charge in [-0.2, -0.15) is 15.0 Å². The summed E-state index contributed by atoms with van der Waals surface area (Å²) in [7, 11) is 0. The number of anilines is 3. The number of nitrogens with one attached hydrogen (secondary N) is 2. The number of carbonyl (C=O) groups excluding carboxylic acids is 1. The van der Waals surface area contributed by atoms with E-state index in [1.165, 1.54) is 0 Å². The molecule has 0 spiro atoms. The predicted octanol–water partition coefficient (Wildman–Crippen LogP) is -0.771. The zero-order valence-corrected chi connectivity index (χ0v) is 12.1. The molecule has 21 heavy (non-hydrogen) atoms. The molecule has 9 heteroatoms. The Hall–Kier alpha value is -2.16. The molecule has 1 fully saturated rings. The van der Waals surface area contributed by atoms with Crippen molar-refractivity contribution in [1.29, 1.82) is 0 Å². The molecule has 1 aliphatic rings. The normalized spacial score (nSPS) is 14.8. The Kier molecular flexibility index (Phi) is 5.50. The van der Waals surface area contributed by atoms with Gasteiger partial charge in [0, 0.05) is 32.6 Å². The van der Waals surface area contributed by atoms with Gasteiger partial charge in [0.2, 0.25) is 23.8 Å². The van der Waals surface area contributed by atoms with Crippen LogP contribution in [-0.2, 0) is 9.53 Å². The highest BCUT2D eigenvalue weighted by Crippen LogP contribution is 2.13. The second kappa shape index (κ2) is 7.58. The summed E-state index contributed by atoms with van der Waals surface area (Å²) in [6.07, 6.45) is 0.353. The molecule has 2 heterocycles. The van der Waals surface area contributed by atoms with E-state index in [2.05, 4.69) is 25.6 Å². The van der Waals surface area contributed by atoms with Crippen molar-refractivity contribution in [1.82, 2.24) is 20.3 Å². The smallest absolute Gasteiger partial charge is 0.232 e. The Labute approximate surface area is 123 Å². The van der Waals surface area contributed by atoms with Crippen LogP contribution in [0.25, 0.3) is 0 Å². The Bertz CT molecular complexity index is 477. The van der Waals surface area contributed by atoms with Crippen molar-refractivity contribution in [2.75, 3.05) is 55.3 Å². The number of ether oxygens (including phenoxy) is 1. The van der Waals surface area contributed by atoms with Crippen LogP contribution in [0, 0.1) is 0 Å². The zero-order chi connectivity index (χ0) is 15.1. The van der Waals surface area contributed by atoms with Gasteiger partial charge < -0.3 is 26.0 Å². The fourth-order valence-corrected chi connectivity index (χ4v) is 1.94. The van der Waals surface area contributed by atoms with Gasteiger partial charge in [-0.3, -0.25) is 4.79 Å². The molecular weight excluding hydrogens is 274 g/mol. The number of hydrogen-bond acceptors (Lipinski definition) is 8. The summed E-state index contributed by atoms with van der Waals surface area (Å²) < 4.78 is 5.29. The summed E-state index contributed by atoms with van der Waals surface area (Å²) >= 11 is 0. The first-order chi connectivity index (χ1) is 10.2. The summed E-state index contributed by atoms with van der Waals surface area (Å²) in [5.74, 6) is 1.06. The van der Waals surface area contributed by atoms with Crippen molar-refractivity contribution < 1.29 is 9.53 Å². The van der Waals surface area contributed by atoms with Crippen LogP contribution in [0.15, 0.2) is 0 Å². The van der Waals surface area contributed by atoms with Crippen molar-refractivity contribution in [3.05, 3.63) is 0 Å². The first kappa shape index (κ1) is 15.2. The predicted molar refractivity (Wildman–Crippen MR) is 79.1 cm³/mol. The van der Waals surface area contributed by atoms with E-state index in [4.69, 9.17) is 10.5 Å². The van der Waals surface area contributed by atoms with Gasteiger partial charge in [-0.15, -0.1) is 0 Å². The lowest BCUT2D eigenvalue weighted by Crippen LogP contribution is -2.37. The highest BCUT2D eigenvalue weighted by atomic mass is 16.5. The van der Waals surface area contributed by atoms with Crippen molar-refractivity contribution >= 4 is 23.8 Å². The summed E-state index contributed by atoms with van der Waals surface area (Å²) in [6.45, 7) is 5.68. The van der Waals surface area contributed by atoms with E-state index >= 15 is 0 Å². The van der Waals surface area contributed by atoms with E-state index in [1.807, 2.05) is 11.8 Å². The van der Waals surface area contributed by atoms with Gasteiger partial charge in [-0.25, -0.2) is 0 Å². The number of nitrogens with two attached hydrogens (primary N) is 1. The highest BCUT2D eigenvalue weighted by Gasteiger charge is 2.15. The molecule has 4 N–H and O–H groups in total. The lowest BCUT2D eigenvalue weighted by molar-refractivity contribution is -0.120.